The first-order valence-electron chi connectivity index (χ1n) is 9.42. The summed E-state index contributed by atoms with van der Waals surface area (Å²) in [4.78, 5) is 0. The SMILES string of the molecule is Cc1ccc(C=C[C@@H]2CO[C@H]3[C@@H]2OC[C@H]3C=Cc2ccc(C)cc2)cc1. The van der Waals surface area contributed by atoms with Crippen LogP contribution in [-0.4, -0.2) is 25.4 Å². The van der Waals surface area contributed by atoms with Crippen LogP contribution in [0.4, 0.5) is 0 Å². The molecule has 0 aliphatic carbocycles. The van der Waals surface area contributed by atoms with E-state index in [1.807, 2.05) is 0 Å². The zero-order valence-corrected chi connectivity index (χ0v) is 15.5. The molecule has 0 N–H and O–H groups in total. The molecule has 4 rings (SSSR count). The first-order valence-corrected chi connectivity index (χ1v) is 9.42. The zero-order valence-electron chi connectivity index (χ0n) is 15.5. The van der Waals surface area contributed by atoms with E-state index in [1.54, 1.807) is 0 Å². The van der Waals surface area contributed by atoms with Gasteiger partial charge in [0.05, 0.1) is 25.4 Å². The van der Waals surface area contributed by atoms with E-state index < -0.39 is 0 Å². The Morgan fingerprint density at radius 3 is 1.42 bits per heavy atom. The Labute approximate surface area is 156 Å². The summed E-state index contributed by atoms with van der Waals surface area (Å²) in [5.74, 6) is 0.665. The molecule has 2 aromatic carbocycles. The number of hydrogen-bond donors (Lipinski definition) is 0. The molecule has 2 heterocycles. The summed E-state index contributed by atoms with van der Waals surface area (Å²) in [6.07, 6.45) is 9.22. The maximum Gasteiger partial charge on any atom is 0.0928 e. The van der Waals surface area contributed by atoms with Crippen LogP contribution in [-0.2, 0) is 9.47 Å². The third-order valence-corrected chi connectivity index (χ3v) is 5.36. The summed E-state index contributed by atoms with van der Waals surface area (Å²) in [6.45, 7) is 5.71. The number of benzene rings is 2. The molecule has 0 radical (unpaired) electrons. The maximum atomic E-state index is 6.09. The van der Waals surface area contributed by atoms with E-state index >= 15 is 0 Å². The van der Waals surface area contributed by atoms with Gasteiger partial charge in [-0.2, -0.15) is 0 Å². The van der Waals surface area contributed by atoms with Crippen molar-refractivity contribution in [1.82, 2.24) is 0 Å². The van der Waals surface area contributed by atoms with Crippen molar-refractivity contribution in [2.75, 3.05) is 13.2 Å². The monoisotopic (exact) mass is 346 g/mol. The van der Waals surface area contributed by atoms with Gasteiger partial charge in [-0.3, -0.25) is 0 Å². The summed E-state index contributed by atoms with van der Waals surface area (Å²) in [6, 6.07) is 17.2. The van der Waals surface area contributed by atoms with Crippen molar-refractivity contribution in [1.29, 1.82) is 0 Å². The van der Waals surface area contributed by atoms with Gasteiger partial charge in [-0.05, 0) is 25.0 Å². The minimum absolute atomic E-state index is 0.171. The van der Waals surface area contributed by atoms with Gasteiger partial charge in [-0.1, -0.05) is 84.0 Å². The van der Waals surface area contributed by atoms with Gasteiger partial charge in [0.25, 0.3) is 0 Å². The van der Waals surface area contributed by atoms with Crippen LogP contribution in [0.2, 0.25) is 0 Å². The molecule has 2 aliphatic heterocycles. The van der Waals surface area contributed by atoms with Crippen molar-refractivity contribution < 1.29 is 9.47 Å². The second kappa shape index (κ2) is 7.61. The lowest BCUT2D eigenvalue weighted by molar-refractivity contribution is 0.0658. The van der Waals surface area contributed by atoms with Gasteiger partial charge in [-0.15, -0.1) is 0 Å². The first kappa shape index (κ1) is 17.3. The highest BCUT2D eigenvalue weighted by atomic mass is 16.6. The van der Waals surface area contributed by atoms with E-state index in [4.69, 9.17) is 9.47 Å². The van der Waals surface area contributed by atoms with Crippen LogP contribution in [0.25, 0.3) is 12.2 Å². The van der Waals surface area contributed by atoms with Crippen molar-refractivity contribution in [2.24, 2.45) is 11.8 Å². The molecule has 2 nitrogen and oxygen atoms in total. The summed E-state index contributed by atoms with van der Waals surface area (Å²) in [7, 11) is 0. The Bertz CT molecular complexity index is 716. The average Bonchev–Trinajstić information content (AvgIpc) is 3.23. The van der Waals surface area contributed by atoms with E-state index in [0.29, 0.717) is 11.8 Å². The average molecular weight is 346 g/mol. The normalized spacial score (nSPS) is 28.2. The van der Waals surface area contributed by atoms with Crippen LogP contribution in [0.15, 0.2) is 60.7 Å². The molecule has 2 saturated heterocycles. The highest BCUT2D eigenvalue weighted by Crippen LogP contribution is 2.36. The molecule has 134 valence electrons. The van der Waals surface area contributed by atoms with Crippen LogP contribution in [0.3, 0.4) is 0 Å². The molecule has 26 heavy (non-hydrogen) atoms. The van der Waals surface area contributed by atoms with E-state index in [1.165, 1.54) is 22.3 Å². The molecule has 0 bridgehead atoms. The van der Waals surface area contributed by atoms with Gasteiger partial charge in [0.1, 0.15) is 0 Å². The van der Waals surface area contributed by atoms with Crippen molar-refractivity contribution in [2.45, 2.75) is 26.1 Å². The number of aryl methyl sites for hydroxylation is 2. The fraction of sp³-hybridized carbons (Fsp3) is 0.333. The maximum absolute atomic E-state index is 6.09. The lowest BCUT2D eigenvalue weighted by atomic mass is 9.94. The van der Waals surface area contributed by atoms with E-state index in [2.05, 4.69) is 86.7 Å². The molecule has 2 aliphatic rings. The number of fused-ring (bicyclic) bond motifs is 1. The highest BCUT2D eigenvalue weighted by Gasteiger charge is 2.45. The second-order valence-electron chi connectivity index (χ2n) is 7.46. The fourth-order valence-corrected chi connectivity index (χ4v) is 3.71. The standard InChI is InChI=1S/C24H26O2/c1-17-3-7-19(8-4-17)11-13-21-15-25-24-22(16-26-23(21)24)14-12-20-9-5-18(2)6-10-20/h3-14,21-24H,15-16H2,1-2H3/t21-,22-,23-,24-/m1/s1. The van der Waals surface area contributed by atoms with Crippen LogP contribution in [0.1, 0.15) is 22.3 Å². The molecule has 0 aromatic heterocycles. The Hall–Kier alpha value is -2.16. The number of ether oxygens (including phenoxy) is 2. The number of hydrogen-bond acceptors (Lipinski definition) is 2. The third kappa shape index (κ3) is 3.82. The van der Waals surface area contributed by atoms with Gasteiger partial charge < -0.3 is 9.47 Å². The Kier molecular flexibility index (Phi) is 5.05. The Balaban J connectivity index is 1.39. The molecule has 0 saturated carbocycles. The topological polar surface area (TPSA) is 18.5 Å². The molecule has 2 aromatic rings. The molecule has 2 fully saturated rings. The Morgan fingerprint density at radius 1 is 0.654 bits per heavy atom. The summed E-state index contributed by atoms with van der Waals surface area (Å²) < 4.78 is 12.2. The molecule has 0 amide bonds. The van der Waals surface area contributed by atoms with Gasteiger partial charge in [0.15, 0.2) is 0 Å². The van der Waals surface area contributed by atoms with E-state index in [-0.39, 0.29) is 12.2 Å². The van der Waals surface area contributed by atoms with Crippen molar-refractivity contribution >= 4 is 12.2 Å². The molecular weight excluding hydrogens is 320 g/mol. The lowest BCUT2D eigenvalue weighted by Crippen LogP contribution is -2.24. The molecule has 2 heteroatoms. The predicted octanol–water partition coefficient (Wildman–Crippen LogP) is 5.06. The minimum atomic E-state index is 0.171. The smallest absolute Gasteiger partial charge is 0.0928 e. The fourth-order valence-electron chi connectivity index (χ4n) is 3.71. The van der Waals surface area contributed by atoms with Gasteiger partial charge in [0.2, 0.25) is 0 Å². The van der Waals surface area contributed by atoms with Gasteiger partial charge in [0, 0.05) is 11.8 Å². The van der Waals surface area contributed by atoms with Crippen molar-refractivity contribution in [3.05, 3.63) is 82.9 Å². The molecule has 0 unspecified atom stereocenters. The largest absolute Gasteiger partial charge is 0.374 e. The van der Waals surface area contributed by atoms with E-state index in [9.17, 15) is 0 Å². The molecule has 0 spiro atoms. The lowest BCUT2D eigenvalue weighted by Gasteiger charge is -2.13. The number of rotatable bonds is 4. The highest BCUT2D eigenvalue weighted by molar-refractivity contribution is 5.51. The van der Waals surface area contributed by atoms with Crippen LogP contribution < -0.4 is 0 Å². The quantitative estimate of drug-likeness (QED) is 0.770. The van der Waals surface area contributed by atoms with Crippen LogP contribution in [0.5, 0.6) is 0 Å². The summed E-state index contributed by atoms with van der Waals surface area (Å²) >= 11 is 0. The third-order valence-electron chi connectivity index (χ3n) is 5.36. The zero-order chi connectivity index (χ0) is 17.9. The van der Waals surface area contributed by atoms with Crippen LogP contribution >= 0.6 is 0 Å². The molecule has 4 atom stereocenters. The van der Waals surface area contributed by atoms with Gasteiger partial charge >= 0.3 is 0 Å². The summed E-state index contributed by atoms with van der Waals surface area (Å²) in [5, 5.41) is 0. The van der Waals surface area contributed by atoms with Crippen molar-refractivity contribution in [3.8, 4) is 0 Å². The minimum Gasteiger partial charge on any atom is -0.374 e. The van der Waals surface area contributed by atoms with Crippen molar-refractivity contribution in [3.63, 3.8) is 0 Å². The molecular formula is C24H26O2. The summed E-state index contributed by atoms with van der Waals surface area (Å²) in [5.41, 5.74) is 5.03. The first-order chi connectivity index (χ1) is 12.7. The predicted molar refractivity (Wildman–Crippen MR) is 107 cm³/mol. The van der Waals surface area contributed by atoms with Crippen LogP contribution in [0, 0.1) is 25.7 Å². The Morgan fingerprint density at radius 2 is 1.04 bits per heavy atom. The van der Waals surface area contributed by atoms with Gasteiger partial charge in [-0.25, -0.2) is 0 Å². The van der Waals surface area contributed by atoms with E-state index in [0.717, 1.165) is 13.2 Å². The second-order valence-corrected chi connectivity index (χ2v) is 7.46.